The Labute approximate surface area is 189 Å². The monoisotopic (exact) mass is 449 g/mol. The van der Waals surface area contributed by atoms with Gasteiger partial charge < -0.3 is 10.6 Å². The van der Waals surface area contributed by atoms with Crippen molar-refractivity contribution in [1.29, 1.82) is 0 Å². The first-order chi connectivity index (χ1) is 15.5. The molecule has 3 aromatic carbocycles. The second-order valence-electron chi connectivity index (χ2n) is 7.81. The molecule has 0 radical (unpaired) electrons. The molecule has 32 heavy (non-hydrogen) atoms. The first-order valence-electron chi connectivity index (χ1n) is 10.8. The molecule has 0 saturated carbocycles. The third-order valence-corrected chi connectivity index (χ3v) is 7.49. The number of nitrogens with one attached hydrogen (secondary N) is 2. The number of benzene rings is 3. The second-order valence-corrected chi connectivity index (χ2v) is 9.75. The zero-order valence-electron chi connectivity index (χ0n) is 17.8. The molecular weight excluding hydrogens is 422 g/mol. The molecular formula is C25H27N3O3S. The molecule has 0 aliphatic carbocycles. The maximum atomic E-state index is 12.7. The van der Waals surface area contributed by atoms with Crippen molar-refractivity contribution in [2.45, 2.75) is 23.8 Å². The maximum Gasteiger partial charge on any atom is 0.243 e. The zero-order chi connectivity index (χ0) is 22.4. The number of carbonyl (C=O) groups excluding carboxylic acids is 1. The lowest BCUT2D eigenvalue weighted by molar-refractivity contribution is -0.119. The van der Waals surface area contributed by atoms with Crippen LogP contribution in [-0.2, 0) is 14.8 Å². The molecule has 4 rings (SSSR count). The number of amides is 1. The van der Waals surface area contributed by atoms with Gasteiger partial charge in [-0.2, -0.15) is 4.31 Å². The van der Waals surface area contributed by atoms with E-state index in [1.54, 1.807) is 24.3 Å². The molecule has 0 spiro atoms. The molecule has 1 aliphatic rings. The molecule has 0 unspecified atom stereocenters. The molecule has 1 fully saturated rings. The van der Waals surface area contributed by atoms with Gasteiger partial charge in [0, 0.05) is 18.8 Å². The zero-order valence-corrected chi connectivity index (χ0v) is 18.6. The summed E-state index contributed by atoms with van der Waals surface area (Å²) in [6, 6.07) is 26.0. The van der Waals surface area contributed by atoms with Gasteiger partial charge in [-0.25, -0.2) is 8.42 Å². The summed E-state index contributed by atoms with van der Waals surface area (Å²) in [7, 11) is -3.44. The van der Waals surface area contributed by atoms with Crippen LogP contribution in [0.15, 0.2) is 89.8 Å². The average Bonchev–Trinajstić information content (AvgIpc) is 3.39. The van der Waals surface area contributed by atoms with Gasteiger partial charge in [-0.15, -0.1) is 0 Å². The Bertz CT molecular complexity index is 1090. The molecule has 166 valence electrons. The highest BCUT2D eigenvalue weighted by atomic mass is 32.2. The van der Waals surface area contributed by atoms with Crippen molar-refractivity contribution in [3.63, 3.8) is 0 Å². The predicted molar refractivity (Wildman–Crippen MR) is 126 cm³/mol. The van der Waals surface area contributed by atoms with Crippen molar-refractivity contribution in [3.8, 4) is 0 Å². The number of nitrogens with zero attached hydrogens (tertiary/aromatic N) is 1. The van der Waals surface area contributed by atoms with Crippen LogP contribution in [0.3, 0.4) is 0 Å². The minimum absolute atomic E-state index is 0.0778. The first kappa shape index (κ1) is 22.0. The van der Waals surface area contributed by atoms with Gasteiger partial charge >= 0.3 is 0 Å². The Kier molecular flexibility index (Phi) is 6.87. The van der Waals surface area contributed by atoms with Crippen molar-refractivity contribution < 1.29 is 13.2 Å². The first-order valence-corrected chi connectivity index (χ1v) is 12.2. The average molecular weight is 450 g/mol. The smallest absolute Gasteiger partial charge is 0.243 e. The van der Waals surface area contributed by atoms with Crippen LogP contribution in [0.1, 0.15) is 30.0 Å². The highest BCUT2D eigenvalue weighted by Crippen LogP contribution is 2.23. The van der Waals surface area contributed by atoms with E-state index in [9.17, 15) is 13.2 Å². The van der Waals surface area contributed by atoms with E-state index in [-0.39, 0.29) is 23.4 Å². The number of hydrogen-bond donors (Lipinski definition) is 2. The molecule has 3 aromatic rings. The summed E-state index contributed by atoms with van der Waals surface area (Å²) in [4.78, 5) is 13.0. The lowest BCUT2D eigenvalue weighted by Crippen LogP contribution is -2.34. The maximum absolute atomic E-state index is 12.7. The Balaban J connectivity index is 1.39. The van der Waals surface area contributed by atoms with E-state index in [1.807, 2.05) is 60.7 Å². The number of anilines is 1. The lowest BCUT2D eigenvalue weighted by Gasteiger charge is -2.20. The molecule has 2 N–H and O–H groups in total. The SMILES string of the molecule is O=C(CNc1ccc(S(=O)(=O)N2CCCC2)cc1)NC(c1ccccc1)c1ccccc1. The van der Waals surface area contributed by atoms with E-state index in [2.05, 4.69) is 10.6 Å². The Morgan fingerprint density at radius 1 is 0.812 bits per heavy atom. The number of carbonyl (C=O) groups is 1. The molecule has 1 aliphatic heterocycles. The Hall–Kier alpha value is -3.16. The molecule has 0 aromatic heterocycles. The van der Waals surface area contributed by atoms with E-state index in [1.165, 1.54) is 4.31 Å². The van der Waals surface area contributed by atoms with Crippen LogP contribution >= 0.6 is 0 Å². The summed E-state index contributed by atoms with van der Waals surface area (Å²) in [6.07, 6.45) is 1.81. The van der Waals surface area contributed by atoms with Crippen LogP contribution < -0.4 is 10.6 Å². The van der Waals surface area contributed by atoms with Crippen LogP contribution in [0.2, 0.25) is 0 Å². The van der Waals surface area contributed by atoms with E-state index in [0.29, 0.717) is 18.8 Å². The van der Waals surface area contributed by atoms with Gasteiger partial charge in [0.2, 0.25) is 15.9 Å². The standard InChI is InChI=1S/C25H27N3O3S/c29-24(27-25(20-9-3-1-4-10-20)21-11-5-2-6-12-21)19-26-22-13-15-23(16-14-22)32(30,31)28-17-7-8-18-28/h1-6,9-16,25-26H,7-8,17-19H2,(H,27,29). The summed E-state index contributed by atoms with van der Waals surface area (Å²) in [5.74, 6) is -0.156. The van der Waals surface area contributed by atoms with Gasteiger partial charge in [0.25, 0.3) is 0 Å². The fraction of sp³-hybridized carbons (Fsp3) is 0.240. The topological polar surface area (TPSA) is 78.5 Å². The molecule has 7 heteroatoms. The van der Waals surface area contributed by atoms with Crippen molar-refractivity contribution >= 4 is 21.6 Å². The largest absolute Gasteiger partial charge is 0.376 e. The van der Waals surface area contributed by atoms with E-state index < -0.39 is 10.0 Å². The molecule has 6 nitrogen and oxygen atoms in total. The van der Waals surface area contributed by atoms with E-state index in [4.69, 9.17) is 0 Å². The minimum atomic E-state index is -3.44. The van der Waals surface area contributed by atoms with Gasteiger partial charge in [0.05, 0.1) is 17.5 Å². The van der Waals surface area contributed by atoms with Gasteiger partial charge in [0.15, 0.2) is 0 Å². The van der Waals surface area contributed by atoms with Crippen molar-refractivity contribution in [1.82, 2.24) is 9.62 Å². The fourth-order valence-corrected chi connectivity index (χ4v) is 5.38. The predicted octanol–water partition coefficient (Wildman–Crippen LogP) is 3.79. The molecule has 1 amide bonds. The Morgan fingerprint density at radius 3 is 1.88 bits per heavy atom. The highest BCUT2D eigenvalue weighted by Gasteiger charge is 2.26. The summed E-state index contributed by atoms with van der Waals surface area (Å²) in [5, 5.41) is 6.17. The second kappa shape index (κ2) is 9.97. The van der Waals surface area contributed by atoms with Gasteiger partial charge in [0.1, 0.15) is 0 Å². The van der Waals surface area contributed by atoms with Gasteiger partial charge in [-0.1, -0.05) is 60.7 Å². The van der Waals surface area contributed by atoms with Crippen LogP contribution in [0.4, 0.5) is 5.69 Å². The van der Waals surface area contributed by atoms with Crippen LogP contribution in [0, 0.1) is 0 Å². The van der Waals surface area contributed by atoms with Crippen molar-refractivity contribution in [3.05, 3.63) is 96.1 Å². The molecule has 1 heterocycles. The summed E-state index contributed by atoms with van der Waals surface area (Å²) >= 11 is 0. The minimum Gasteiger partial charge on any atom is -0.376 e. The van der Waals surface area contributed by atoms with Gasteiger partial charge in [-0.3, -0.25) is 4.79 Å². The fourth-order valence-electron chi connectivity index (χ4n) is 3.87. The third-order valence-electron chi connectivity index (χ3n) is 5.58. The number of sulfonamides is 1. The van der Waals surface area contributed by atoms with Crippen molar-refractivity contribution in [2.75, 3.05) is 25.0 Å². The van der Waals surface area contributed by atoms with Crippen LogP contribution in [-0.4, -0.2) is 38.3 Å². The normalized spacial score (nSPS) is 14.4. The number of hydrogen-bond acceptors (Lipinski definition) is 4. The molecule has 1 saturated heterocycles. The quantitative estimate of drug-likeness (QED) is 0.549. The van der Waals surface area contributed by atoms with Gasteiger partial charge in [-0.05, 0) is 48.2 Å². The Morgan fingerprint density at radius 2 is 1.34 bits per heavy atom. The van der Waals surface area contributed by atoms with Crippen molar-refractivity contribution in [2.24, 2.45) is 0 Å². The summed E-state index contributed by atoms with van der Waals surface area (Å²) < 4.78 is 26.8. The van der Waals surface area contributed by atoms with E-state index in [0.717, 1.165) is 24.0 Å². The third kappa shape index (κ3) is 5.18. The van der Waals surface area contributed by atoms with Crippen LogP contribution in [0.5, 0.6) is 0 Å². The summed E-state index contributed by atoms with van der Waals surface area (Å²) in [6.45, 7) is 1.23. The van der Waals surface area contributed by atoms with Crippen LogP contribution in [0.25, 0.3) is 0 Å². The number of rotatable bonds is 8. The lowest BCUT2D eigenvalue weighted by atomic mass is 9.99. The highest BCUT2D eigenvalue weighted by molar-refractivity contribution is 7.89. The molecule has 0 bridgehead atoms. The van der Waals surface area contributed by atoms with E-state index >= 15 is 0 Å². The molecule has 0 atom stereocenters. The summed E-state index contributed by atoms with van der Waals surface area (Å²) in [5.41, 5.74) is 2.70.